The van der Waals surface area contributed by atoms with Gasteiger partial charge in [-0.3, -0.25) is 4.57 Å². The Hall–Kier alpha value is -1.69. The molecular formula is C12H10BrFN2O2. The summed E-state index contributed by atoms with van der Waals surface area (Å²) in [5.74, 6) is -1.22. The number of carboxylic acid groups (broad SMARTS) is 1. The van der Waals surface area contributed by atoms with E-state index in [2.05, 4.69) is 20.9 Å². The second kappa shape index (κ2) is 4.89. The van der Waals surface area contributed by atoms with Gasteiger partial charge in [0.15, 0.2) is 5.69 Å². The maximum Gasteiger partial charge on any atom is 0.355 e. The van der Waals surface area contributed by atoms with Crippen molar-refractivity contribution in [2.45, 2.75) is 13.0 Å². The molecule has 2 aromatic rings. The highest BCUT2D eigenvalue weighted by Crippen LogP contribution is 2.26. The normalized spacial score (nSPS) is 12.4. The van der Waals surface area contributed by atoms with Crippen LogP contribution in [0.2, 0.25) is 0 Å². The van der Waals surface area contributed by atoms with Crippen molar-refractivity contribution >= 4 is 21.9 Å². The van der Waals surface area contributed by atoms with Crippen molar-refractivity contribution in [3.8, 4) is 0 Å². The second-order valence-electron chi connectivity index (χ2n) is 3.78. The van der Waals surface area contributed by atoms with Crippen molar-refractivity contribution in [1.29, 1.82) is 0 Å². The van der Waals surface area contributed by atoms with Gasteiger partial charge in [-0.15, -0.1) is 0 Å². The molecule has 18 heavy (non-hydrogen) atoms. The second-order valence-corrected chi connectivity index (χ2v) is 4.53. The first-order valence-electron chi connectivity index (χ1n) is 5.24. The number of hydrogen-bond donors (Lipinski definition) is 1. The number of rotatable bonds is 3. The predicted molar refractivity (Wildman–Crippen MR) is 67.1 cm³/mol. The van der Waals surface area contributed by atoms with Gasteiger partial charge < -0.3 is 5.11 Å². The molecule has 0 bridgehead atoms. The number of benzene rings is 1. The van der Waals surface area contributed by atoms with Gasteiger partial charge >= 0.3 is 5.97 Å². The average Bonchev–Trinajstić information content (AvgIpc) is 2.64. The van der Waals surface area contributed by atoms with Crippen molar-refractivity contribution < 1.29 is 14.3 Å². The predicted octanol–water partition coefficient (Wildman–Crippen LogP) is 3.09. The van der Waals surface area contributed by atoms with E-state index in [-0.39, 0.29) is 10.3 Å². The highest BCUT2D eigenvalue weighted by molar-refractivity contribution is 9.10. The third kappa shape index (κ3) is 2.15. The molecular weight excluding hydrogens is 303 g/mol. The number of halogens is 2. The molecule has 1 heterocycles. The molecule has 2 rings (SSSR count). The molecule has 1 unspecified atom stereocenters. The highest BCUT2D eigenvalue weighted by Gasteiger charge is 2.25. The van der Waals surface area contributed by atoms with Gasteiger partial charge in [0.05, 0.1) is 6.04 Å². The molecule has 0 aliphatic rings. The lowest BCUT2D eigenvalue weighted by atomic mass is 10.1. The zero-order valence-corrected chi connectivity index (χ0v) is 11.1. The van der Waals surface area contributed by atoms with Crippen LogP contribution in [0.15, 0.2) is 34.9 Å². The Bertz CT molecular complexity index is 583. The van der Waals surface area contributed by atoms with Gasteiger partial charge in [0, 0.05) is 0 Å². The first-order valence-corrected chi connectivity index (χ1v) is 6.03. The number of hydrogen-bond acceptors (Lipinski definition) is 2. The lowest BCUT2D eigenvalue weighted by Gasteiger charge is -2.15. The Morgan fingerprint density at radius 3 is 2.61 bits per heavy atom. The van der Waals surface area contributed by atoms with E-state index in [9.17, 15) is 9.18 Å². The van der Waals surface area contributed by atoms with Gasteiger partial charge in [-0.2, -0.15) is 9.37 Å². The van der Waals surface area contributed by atoms with Crippen LogP contribution in [-0.2, 0) is 0 Å². The maximum absolute atomic E-state index is 13.7. The van der Waals surface area contributed by atoms with Crippen LogP contribution in [0.5, 0.6) is 0 Å². The smallest absolute Gasteiger partial charge is 0.355 e. The summed E-state index contributed by atoms with van der Waals surface area (Å²) in [4.78, 5) is 14.6. The topological polar surface area (TPSA) is 55.1 Å². The first-order chi connectivity index (χ1) is 8.52. The van der Waals surface area contributed by atoms with Gasteiger partial charge in [-0.25, -0.2) is 4.79 Å². The fourth-order valence-electron chi connectivity index (χ4n) is 1.80. The fraction of sp³-hybridized carbons (Fsp3) is 0.167. The Morgan fingerprint density at radius 1 is 1.44 bits per heavy atom. The molecule has 1 aromatic heterocycles. The molecule has 0 saturated heterocycles. The molecule has 1 aromatic carbocycles. The van der Waals surface area contributed by atoms with Crippen LogP contribution >= 0.6 is 15.9 Å². The molecule has 1 N–H and O–H groups in total. The summed E-state index contributed by atoms with van der Waals surface area (Å²) in [5, 5.41) is 9.10. The minimum atomic E-state index is -1.22. The molecule has 94 valence electrons. The number of nitrogens with zero attached hydrogens (tertiary/aromatic N) is 2. The van der Waals surface area contributed by atoms with Crippen LogP contribution < -0.4 is 0 Å². The summed E-state index contributed by atoms with van der Waals surface area (Å²) < 4.78 is 14.8. The van der Waals surface area contributed by atoms with E-state index in [1.807, 2.05) is 30.3 Å². The molecule has 0 amide bonds. The Labute approximate surface area is 111 Å². The van der Waals surface area contributed by atoms with Gasteiger partial charge in [0.2, 0.25) is 0 Å². The van der Waals surface area contributed by atoms with Crippen LogP contribution in [-0.4, -0.2) is 20.6 Å². The fourth-order valence-corrected chi connectivity index (χ4v) is 2.31. The quantitative estimate of drug-likeness (QED) is 0.947. The van der Waals surface area contributed by atoms with Crippen LogP contribution in [0.1, 0.15) is 29.0 Å². The molecule has 0 aliphatic carbocycles. The largest absolute Gasteiger partial charge is 0.476 e. The van der Waals surface area contributed by atoms with Crippen molar-refractivity contribution in [2.24, 2.45) is 0 Å². The summed E-state index contributed by atoms with van der Waals surface area (Å²) in [6.07, 6.45) is -0.823. The number of aromatic nitrogens is 2. The minimum Gasteiger partial charge on any atom is -0.476 e. The molecule has 0 spiro atoms. The average molecular weight is 313 g/mol. The molecule has 0 radical (unpaired) electrons. The molecule has 0 fully saturated rings. The molecule has 4 nitrogen and oxygen atoms in total. The molecule has 6 heteroatoms. The van der Waals surface area contributed by atoms with Crippen molar-refractivity contribution in [3.63, 3.8) is 0 Å². The van der Waals surface area contributed by atoms with E-state index in [0.29, 0.717) is 0 Å². The Balaban J connectivity index is 2.55. The summed E-state index contributed by atoms with van der Waals surface area (Å²) in [7, 11) is 0. The molecule has 0 saturated carbocycles. The molecule has 1 atom stereocenters. The number of aromatic carboxylic acids is 1. The van der Waals surface area contributed by atoms with Crippen LogP contribution in [0, 0.1) is 6.08 Å². The van der Waals surface area contributed by atoms with Crippen molar-refractivity contribution in [2.75, 3.05) is 0 Å². The third-order valence-electron chi connectivity index (χ3n) is 2.70. The zero-order valence-electron chi connectivity index (χ0n) is 9.47. The van der Waals surface area contributed by atoms with Gasteiger partial charge in [-0.1, -0.05) is 30.3 Å². The zero-order chi connectivity index (χ0) is 13.3. The minimum absolute atomic E-state index is 0.00437. The monoisotopic (exact) mass is 312 g/mol. The third-order valence-corrected chi connectivity index (χ3v) is 3.25. The Kier molecular flexibility index (Phi) is 3.47. The van der Waals surface area contributed by atoms with Crippen LogP contribution in [0.3, 0.4) is 0 Å². The van der Waals surface area contributed by atoms with Crippen molar-refractivity contribution in [3.05, 3.63) is 52.3 Å². The standard InChI is InChI=1S/C12H10BrFN2O2/c1-7(8-5-3-2-4-6-8)16-9(11(17)18)10(13)15-12(16)14/h2-7H,1H3,(H,17,18). The maximum atomic E-state index is 13.7. The Morgan fingerprint density at radius 2 is 2.06 bits per heavy atom. The van der Waals surface area contributed by atoms with E-state index in [0.717, 1.165) is 10.1 Å². The van der Waals surface area contributed by atoms with Gasteiger partial charge in [0.25, 0.3) is 6.08 Å². The highest BCUT2D eigenvalue weighted by atomic mass is 79.9. The van der Waals surface area contributed by atoms with E-state index in [1.165, 1.54) is 0 Å². The summed E-state index contributed by atoms with van der Waals surface area (Å²) >= 11 is 2.96. The van der Waals surface area contributed by atoms with Crippen molar-refractivity contribution in [1.82, 2.24) is 9.55 Å². The van der Waals surface area contributed by atoms with E-state index in [1.54, 1.807) is 6.92 Å². The van der Waals surface area contributed by atoms with Gasteiger partial charge in [-0.05, 0) is 28.4 Å². The first kappa shape index (κ1) is 12.8. The number of carboxylic acids is 1. The van der Waals surface area contributed by atoms with E-state index < -0.39 is 18.1 Å². The number of carbonyl (C=O) groups is 1. The summed E-state index contributed by atoms with van der Waals surface area (Å²) in [6.45, 7) is 1.72. The van der Waals surface area contributed by atoms with Crippen LogP contribution in [0.25, 0.3) is 0 Å². The number of imidazole rings is 1. The summed E-state index contributed by atoms with van der Waals surface area (Å²) in [6, 6.07) is 8.64. The van der Waals surface area contributed by atoms with E-state index >= 15 is 0 Å². The lowest BCUT2D eigenvalue weighted by molar-refractivity contribution is 0.0681. The molecule has 0 aliphatic heterocycles. The van der Waals surface area contributed by atoms with Gasteiger partial charge in [0.1, 0.15) is 4.60 Å². The SMILES string of the molecule is CC(c1ccccc1)n1c(F)nc(Br)c1C(=O)O. The lowest BCUT2D eigenvalue weighted by Crippen LogP contribution is -2.16. The van der Waals surface area contributed by atoms with E-state index in [4.69, 9.17) is 5.11 Å². The van der Waals surface area contributed by atoms with Crippen LogP contribution in [0.4, 0.5) is 4.39 Å². The summed E-state index contributed by atoms with van der Waals surface area (Å²) in [5.41, 5.74) is 0.618.